The molecular weight excluding hydrogens is 452 g/mol. The lowest BCUT2D eigenvalue weighted by molar-refractivity contribution is 0.0819. The number of nitrogens with two attached hydrogens (primary N) is 1. The summed E-state index contributed by atoms with van der Waals surface area (Å²) in [5.41, 5.74) is 7.36. The van der Waals surface area contributed by atoms with Crippen LogP contribution in [-0.2, 0) is 13.0 Å². The highest BCUT2D eigenvalue weighted by molar-refractivity contribution is 5.98. The number of carbonyl (C=O) groups excluding carboxylic acids is 1. The molecule has 2 atom stereocenters. The van der Waals surface area contributed by atoms with E-state index in [0.717, 1.165) is 42.7 Å². The third-order valence-electron chi connectivity index (χ3n) is 5.87. The fourth-order valence-corrected chi connectivity index (χ4v) is 4.01. The number of carbonyl (C=O) groups is 1. The maximum absolute atomic E-state index is 13.7. The van der Waals surface area contributed by atoms with Gasteiger partial charge in [-0.05, 0) is 60.5 Å². The summed E-state index contributed by atoms with van der Waals surface area (Å²) in [5, 5.41) is 21.7. The topological polar surface area (TPSA) is 116 Å². The van der Waals surface area contributed by atoms with E-state index >= 15 is 0 Å². The molecule has 3 aromatic rings. The number of nitrogens with zero attached hydrogens (tertiary/aromatic N) is 2. The second-order valence-corrected chi connectivity index (χ2v) is 8.55. The molecule has 0 radical (unpaired) electrons. The monoisotopic (exact) mass is 483 g/mol. The van der Waals surface area contributed by atoms with Crippen molar-refractivity contribution in [1.82, 2.24) is 9.88 Å². The van der Waals surface area contributed by atoms with Gasteiger partial charge in [-0.25, -0.2) is 13.8 Å². The molecule has 0 bridgehead atoms. The van der Waals surface area contributed by atoms with Gasteiger partial charge < -0.3 is 20.7 Å². The quantitative estimate of drug-likeness (QED) is 0.229. The maximum Gasteiger partial charge on any atom is 0.251 e. The van der Waals surface area contributed by atoms with Crippen LogP contribution in [0.4, 0.5) is 8.78 Å². The molecule has 0 saturated carbocycles. The number of rotatable bonds is 12. The second-order valence-electron chi connectivity index (χ2n) is 8.55. The number of halogens is 2. The van der Waals surface area contributed by atoms with Crippen molar-refractivity contribution in [2.45, 2.75) is 57.7 Å². The van der Waals surface area contributed by atoms with Crippen molar-refractivity contribution >= 4 is 29.0 Å². The Kier molecular flexibility index (Phi) is 9.08. The fraction of sp³-hybridized carbons (Fsp3) is 0.346. The summed E-state index contributed by atoms with van der Waals surface area (Å²) in [7, 11) is 0. The van der Waals surface area contributed by atoms with Gasteiger partial charge in [0.1, 0.15) is 23.8 Å². The molecular formula is C26H31F2N5O2. The number of amides is 1. The summed E-state index contributed by atoms with van der Waals surface area (Å²) in [4.78, 5) is 16.8. The molecule has 2 aromatic carbocycles. The predicted molar refractivity (Wildman–Crippen MR) is 134 cm³/mol. The number of aryl methyl sites for hydroxylation is 1. The zero-order valence-corrected chi connectivity index (χ0v) is 19.7. The maximum atomic E-state index is 13.7. The minimum atomic E-state index is -1.07. The first-order valence-corrected chi connectivity index (χ1v) is 11.6. The molecule has 1 aromatic heterocycles. The van der Waals surface area contributed by atoms with Gasteiger partial charge in [-0.3, -0.25) is 10.2 Å². The van der Waals surface area contributed by atoms with Crippen LogP contribution in [0.15, 0.2) is 53.7 Å². The Morgan fingerprint density at radius 1 is 1.23 bits per heavy atom. The van der Waals surface area contributed by atoms with E-state index in [1.165, 1.54) is 12.1 Å². The van der Waals surface area contributed by atoms with Crippen molar-refractivity contribution in [2.24, 2.45) is 10.7 Å². The van der Waals surface area contributed by atoms with Crippen LogP contribution in [-0.4, -0.2) is 39.9 Å². The molecule has 0 aliphatic carbocycles. The molecule has 0 aliphatic rings. The minimum absolute atomic E-state index is 0.0122. The van der Waals surface area contributed by atoms with Crippen LogP contribution >= 0.6 is 0 Å². The third-order valence-corrected chi connectivity index (χ3v) is 5.87. The lowest BCUT2D eigenvalue weighted by Crippen LogP contribution is -2.45. The first-order valence-electron chi connectivity index (χ1n) is 11.6. The Labute approximate surface area is 203 Å². The van der Waals surface area contributed by atoms with Crippen molar-refractivity contribution in [1.29, 1.82) is 5.41 Å². The smallest absolute Gasteiger partial charge is 0.251 e. The largest absolute Gasteiger partial charge is 0.391 e. The molecule has 0 spiro atoms. The van der Waals surface area contributed by atoms with Crippen LogP contribution in [0.25, 0.3) is 10.9 Å². The second kappa shape index (κ2) is 12.2. The molecule has 186 valence electrons. The highest BCUT2D eigenvalue weighted by Gasteiger charge is 2.23. The van der Waals surface area contributed by atoms with E-state index in [0.29, 0.717) is 11.1 Å². The van der Waals surface area contributed by atoms with Crippen molar-refractivity contribution < 1.29 is 18.7 Å². The molecule has 1 heterocycles. The van der Waals surface area contributed by atoms with E-state index in [2.05, 4.69) is 21.8 Å². The predicted octanol–water partition coefficient (Wildman–Crippen LogP) is 4.17. The number of hydrogen-bond donors (Lipinski definition) is 4. The molecule has 7 nitrogen and oxygen atoms in total. The van der Waals surface area contributed by atoms with Gasteiger partial charge in [0.2, 0.25) is 0 Å². The first kappa shape index (κ1) is 26.0. The van der Waals surface area contributed by atoms with Gasteiger partial charge in [-0.1, -0.05) is 19.4 Å². The zero-order valence-electron chi connectivity index (χ0n) is 19.7. The van der Waals surface area contributed by atoms with E-state index in [4.69, 9.17) is 11.1 Å². The average Bonchev–Trinajstić information content (AvgIpc) is 3.22. The third kappa shape index (κ3) is 7.19. The van der Waals surface area contributed by atoms with Gasteiger partial charge >= 0.3 is 0 Å². The molecule has 3 rings (SSSR count). The summed E-state index contributed by atoms with van der Waals surface area (Å²) in [6.45, 7) is 2.96. The molecule has 1 amide bonds. The minimum Gasteiger partial charge on any atom is -0.391 e. The lowest BCUT2D eigenvalue weighted by Gasteiger charge is -2.25. The van der Waals surface area contributed by atoms with Crippen LogP contribution in [0.2, 0.25) is 0 Å². The molecule has 5 N–H and O–H groups in total. The Hall–Kier alpha value is -3.59. The fourth-order valence-electron chi connectivity index (χ4n) is 4.01. The summed E-state index contributed by atoms with van der Waals surface area (Å²) < 4.78 is 29.6. The summed E-state index contributed by atoms with van der Waals surface area (Å²) in [5.74, 6) is -1.71. The molecule has 9 heteroatoms. The van der Waals surface area contributed by atoms with Crippen LogP contribution in [0, 0.1) is 17.0 Å². The van der Waals surface area contributed by atoms with Gasteiger partial charge in [-0.2, -0.15) is 0 Å². The Morgan fingerprint density at radius 3 is 2.66 bits per heavy atom. The number of unbranched alkanes of at least 4 members (excludes halogenated alkanes) is 1. The number of nitrogens with one attached hydrogen (secondary N) is 2. The van der Waals surface area contributed by atoms with Crippen molar-refractivity contribution in [3.05, 3.63) is 71.4 Å². The summed E-state index contributed by atoms with van der Waals surface area (Å²) in [6.07, 6.45) is 4.15. The molecule has 0 saturated heterocycles. The highest BCUT2D eigenvalue weighted by atomic mass is 19.1. The highest BCUT2D eigenvalue weighted by Crippen LogP contribution is 2.20. The first-order chi connectivity index (χ1) is 16.8. The molecule has 0 aliphatic heterocycles. The van der Waals surface area contributed by atoms with E-state index in [-0.39, 0.29) is 25.1 Å². The van der Waals surface area contributed by atoms with Crippen molar-refractivity contribution in [2.75, 3.05) is 0 Å². The Balaban J connectivity index is 1.82. The van der Waals surface area contributed by atoms with E-state index < -0.39 is 29.7 Å². The van der Waals surface area contributed by atoms with Crippen LogP contribution < -0.4 is 11.1 Å². The Morgan fingerprint density at radius 2 is 1.97 bits per heavy atom. The Bertz CT molecular complexity index is 1190. The van der Waals surface area contributed by atoms with Gasteiger partial charge in [-0.15, -0.1) is 0 Å². The number of amidine groups is 1. The molecule has 2 unspecified atom stereocenters. The van der Waals surface area contributed by atoms with E-state index in [1.807, 2.05) is 18.3 Å². The van der Waals surface area contributed by atoms with E-state index in [9.17, 15) is 18.7 Å². The van der Waals surface area contributed by atoms with Gasteiger partial charge in [0.05, 0.1) is 12.1 Å². The number of aliphatic imine (C=N–C) groups is 1. The van der Waals surface area contributed by atoms with Gasteiger partial charge in [0, 0.05) is 36.3 Å². The number of fused-ring (bicyclic) bond motifs is 1. The van der Waals surface area contributed by atoms with Gasteiger partial charge in [0.15, 0.2) is 0 Å². The molecule has 0 fully saturated rings. The lowest BCUT2D eigenvalue weighted by atomic mass is 9.97. The van der Waals surface area contributed by atoms with Crippen LogP contribution in [0.5, 0.6) is 0 Å². The van der Waals surface area contributed by atoms with Crippen LogP contribution in [0.1, 0.15) is 48.5 Å². The SMILES string of the molecule is CCCCn1ccc2ccc(C(=O)NC(Cc3cc(F)cc(F)c3)C(O)CCC(N)=NC=N)cc21. The summed E-state index contributed by atoms with van der Waals surface area (Å²) in [6, 6.07) is 9.66. The standard InChI is InChI=1S/C26H31F2N5O2/c1-2-3-9-33-10-8-18-4-5-19(14-23(18)33)26(35)32-22(24(34)6-7-25(30)31-16-29)13-17-11-20(27)15-21(28)12-17/h4-5,8,10-12,14-16,22,24,34H,2-3,6-7,9,13H2,1H3,(H,32,35)(H3,29,30,31). The average molecular weight is 484 g/mol. The van der Waals surface area contributed by atoms with E-state index in [1.54, 1.807) is 12.1 Å². The van der Waals surface area contributed by atoms with Crippen LogP contribution in [0.3, 0.4) is 0 Å². The number of aromatic nitrogens is 1. The summed E-state index contributed by atoms with van der Waals surface area (Å²) >= 11 is 0. The number of benzene rings is 2. The number of aliphatic hydroxyl groups is 1. The molecule has 35 heavy (non-hydrogen) atoms. The van der Waals surface area contributed by atoms with Gasteiger partial charge in [0.25, 0.3) is 5.91 Å². The zero-order chi connectivity index (χ0) is 25.4. The number of hydrogen-bond acceptors (Lipinski definition) is 3. The number of aliphatic hydroxyl groups excluding tert-OH is 1. The van der Waals surface area contributed by atoms with Crippen molar-refractivity contribution in [3.63, 3.8) is 0 Å². The van der Waals surface area contributed by atoms with Crippen molar-refractivity contribution in [3.8, 4) is 0 Å². The normalized spacial score (nSPS) is 13.5.